The molecule has 0 saturated carbocycles. The lowest BCUT2D eigenvalue weighted by molar-refractivity contribution is -0.119. The Morgan fingerprint density at radius 1 is 0.927 bits per heavy atom. The highest BCUT2D eigenvalue weighted by molar-refractivity contribution is 7.90. The van der Waals surface area contributed by atoms with Gasteiger partial charge in [0.25, 0.3) is 15.9 Å². The van der Waals surface area contributed by atoms with Gasteiger partial charge >= 0.3 is 6.09 Å². The van der Waals surface area contributed by atoms with Crippen molar-refractivity contribution in [2.24, 2.45) is 5.92 Å². The second-order valence-corrected chi connectivity index (χ2v) is 11.3. The van der Waals surface area contributed by atoms with Gasteiger partial charge in [0, 0.05) is 17.7 Å². The lowest BCUT2D eigenvalue weighted by Gasteiger charge is -2.22. The molecule has 0 aliphatic carbocycles. The average molecular weight is 588 g/mol. The number of sulfonamides is 1. The summed E-state index contributed by atoms with van der Waals surface area (Å²) in [5.74, 6) is -3.72. The molecule has 218 valence electrons. The Morgan fingerprint density at radius 3 is 2.27 bits per heavy atom. The first-order valence-corrected chi connectivity index (χ1v) is 14.2. The first-order chi connectivity index (χ1) is 19.4. The van der Waals surface area contributed by atoms with Crippen molar-refractivity contribution < 1.29 is 36.3 Å². The molecule has 0 fully saturated rings. The van der Waals surface area contributed by atoms with Crippen molar-refractivity contribution in [3.8, 4) is 0 Å². The van der Waals surface area contributed by atoms with Crippen molar-refractivity contribution in [3.63, 3.8) is 0 Å². The van der Waals surface area contributed by atoms with E-state index in [1.54, 1.807) is 0 Å². The van der Waals surface area contributed by atoms with E-state index in [0.29, 0.717) is 24.1 Å². The maximum Gasteiger partial charge on any atom is 0.411 e. The third kappa shape index (κ3) is 8.84. The van der Waals surface area contributed by atoms with Crippen LogP contribution in [0.2, 0.25) is 0 Å². The third-order valence-electron chi connectivity index (χ3n) is 6.07. The van der Waals surface area contributed by atoms with Gasteiger partial charge in [-0.15, -0.1) is 0 Å². The number of methoxy groups -OCH3 is 1. The summed E-state index contributed by atoms with van der Waals surface area (Å²) in [6.45, 7) is 4.06. The number of amides is 3. The van der Waals surface area contributed by atoms with Crippen LogP contribution in [0.3, 0.4) is 0 Å². The van der Waals surface area contributed by atoms with E-state index in [0.717, 1.165) is 11.6 Å². The fourth-order valence-corrected chi connectivity index (χ4v) is 5.10. The molecule has 0 bridgehead atoms. The van der Waals surface area contributed by atoms with Gasteiger partial charge in [-0.2, -0.15) is 0 Å². The number of halogens is 2. The van der Waals surface area contributed by atoms with E-state index >= 15 is 0 Å². The fourth-order valence-electron chi connectivity index (χ4n) is 4.08. The molecule has 0 aliphatic rings. The highest BCUT2D eigenvalue weighted by atomic mass is 32.2. The number of carbonyl (C=O) groups is 3. The molecule has 41 heavy (non-hydrogen) atoms. The monoisotopic (exact) mass is 587 g/mol. The van der Waals surface area contributed by atoms with E-state index in [1.165, 1.54) is 25.3 Å². The number of nitrogens with one attached hydrogen (secondary N) is 3. The fraction of sp³-hybridized carbons (Fsp3) is 0.276. The number of aryl methyl sites for hydroxylation is 1. The summed E-state index contributed by atoms with van der Waals surface area (Å²) in [5.41, 5.74) is 1.76. The first-order valence-electron chi connectivity index (χ1n) is 12.7. The number of anilines is 1. The maximum absolute atomic E-state index is 13.5. The summed E-state index contributed by atoms with van der Waals surface area (Å²) in [4.78, 5) is 37.2. The SMILES string of the molecule is COC(=O)Nc1ccc(CCC(=O)NS(=O)(=O)c2ccc(F)c(F)c2)c(C(=O)NC(CC(C)C)c2ccccc2)c1. The van der Waals surface area contributed by atoms with Gasteiger partial charge in [0.1, 0.15) is 0 Å². The second-order valence-electron chi connectivity index (χ2n) is 9.66. The predicted molar refractivity (Wildman–Crippen MR) is 149 cm³/mol. The lowest BCUT2D eigenvalue weighted by Crippen LogP contribution is -2.32. The molecule has 0 radical (unpaired) electrons. The lowest BCUT2D eigenvalue weighted by atomic mass is 9.95. The summed E-state index contributed by atoms with van der Waals surface area (Å²) in [6.07, 6.45) is -0.482. The summed E-state index contributed by atoms with van der Waals surface area (Å²) < 4.78 is 58.1. The van der Waals surface area contributed by atoms with Crippen LogP contribution in [0.5, 0.6) is 0 Å². The molecule has 3 aromatic carbocycles. The molecular weight excluding hydrogens is 556 g/mol. The van der Waals surface area contributed by atoms with Crippen molar-refractivity contribution in [1.82, 2.24) is 10.0 Å². The van der Waals surface area contributed by atoms with Gasteiger partial charge in [-0.05, 0) is 60.2 Å². The Labute approximate surface area is 237 Å². The molecule has 9 nitrogen and oxygen atoms in total. The minimum Gasteiger partial charge on any atom is -0.453 e. The van der Waals surface area contributed by atoms with Crippen LogP contribution in [0.1, 0.15) is 54.2 Å². The Balaban J connectivity index is 1.83. The van der Waals surface area contributed by atoms with Crippen LogP contribution in [0.25, 0.3) is 0 Å². The molecule has 0 heterocycles. The van der Waals surface area contributed by atoms with E-state index in [-0.39, 0.29) is 36.1 Å². The zero-order chi connectivity index (χ0) is 30.2. The van der Waals surface area contributed by atoms with Gasteiger partial charge in [-0.1, -0.05) is 50.2 Å². The topological polar surface area (TPSA) is 131 Å². The van der Waals surface area contributed by atoms with Crippen molar-refractivity contribution in [1.29, 1.82) is 0 Å². The van der Waals surface area contributed by atoms with Crippen LogP contribution in [0, 0.1) is 17.6 Å². The Hall–Kier alpha value is -4.32. The second kappa shape index (κ2) is 13.8. The van der Waals surface area contributed by atoms with Crippen LogP contribution >= 0.6 is 0 Å². The Morgan fingerprint density at radius 2 is 1.63 bits per heavy atom. The van der Waals surface area contributed by atoms with Crippen molar-refractivity contribution in [2.45, 2.75) is 44.0 Å². The van der Waals surface area contributed by atoms with Gasteiger partial charge in [-0.3, -0.25) is 14.9 Å². The molecule has 3 aromatic rings. The number of rotatable bonds is 11. The van der Waals surface area contributed by atoms with Crippen molar-refractivity contribution >= 4 is 33.6 Å². The smallest absolute Gasteiger partial charge is 0.411 e. The van der Waals surface area contributed by atoms with E-state index in [1.807, 2.05) is 48.9 Å². The van der Waals surface area contributed by atoms with Crippen LogP contribution in [-0.2, 0) is 26.0 Å². The summed E-state index contributed by atoms with van der Waals surface area (Å²) in [7, 11) is -3.26. The average Bonchev–Trinajstić information content (AvgIpc) is 2.93. The van der Waals surface area contributed by atoms with E-state index < -0.39 is 44.5 Å². The van der Waals surface area contributed by atoms with Gasteiger partial charge in [0.05, 0.1) is 18.0 Å². The molecule has 0 aromatic heterocycles. The van der Waals surface area contributed by atoms with E-state index in [2.05, 4.69) is 15.4 Å². The minimum atomic E-state index is -4.46. The minimum absolute atomic E-state index is 0.0411. The quantitative estimate of drug-likeness (QED) is 0.286. The highest BCUT2D eigenvalue weighted by Crippen LogP contribution is 2.24. The van der Waals surface area contributed by atoms with Gasteiger partial charge in [-0.25, -0.2) is 26.7 Å². The number of hydrogen-bond acceptors (Lipinski definition) is 6. The third-order valence-corrected chi connectivity index (χ3v) is 7.44. The summed E-state index contributed by atoms with van der Waals surface area (Å²) in [5, 5.41) is 5.52. The molecule has 3 amide bonds. The van der Waals surface area contributed by atoms with Crippen molar-refractivity contribution in [3.05, 3.63) is 95.1 Å². The van der Waals surface area contributed by atoms with Gasteiger partial charge < -0.3 is 10.1 Å². The predicted octanol–water partition coefficient (Wildman–Crippen LogP) is 5.10. The number of benzene rings is 3. The van der Waals surface area contributed by atoms with E-state index in [4.69, 9.17) is 0 Å². The number of carbonyl (C=O) groups excluding carboxylic acids is 3. The van der Waals surface area contributed by atoms with Crippen LogP contribution in [-0.4, -0.2) is 33.4 Å². The molecule has 0 aliphatic heterocycles. The standard InChI is InChI=1S/C29H31F2N3O6S/c1-18(2)15-26(20-7-5-4-6-8-20)33-28(36)23-16-21(32-29(37)40-3)11-9-19(23)10-14-27(35)34-41(38,39)22-12-13-24(30)25(31)17-22/h4-9,11-13,16-18,26H,10,14-15H2,1-3H3,(H,32,37)(H,33,36)(H,34,35). The van der Waals surface area contributed by atoms with Crippen LogP contribution in [0.15, 0.2) is 71.6 Å². The van der Waals surface area contributed by atoms with Crippen molar-refractivity contribution in [2.75, 3.05) is 12.4 Å². The zero-order valence-corrected chi connectivity index (χ0v) is 23.6. The van der Waals surface area contributed by atoms with Crippen LogP contribution < -0.4 is 15.4 Å². The summed E-state index contributed by atoms with van der Waals surface area (Å²) in [6, 6.07) is 15.5. The Bertz CT molecular complexity index is 1510. The maximum atomic E-state index is 13.5. The number of ether oxygens (including phenoxy) is 1. The van der Waals surface area contributed by atoms with E-state index in [9.17, 15) is 31.6 Å². The van der Waals surface area contributed by atoms with Gasteiger partial charge in [0.15, 0.2) is 11.6 Å². The summed E-state index contributed by atoms with van der Waals surface area (Å²) >= 11 is 0. The molecule has 0 spiro atoms. The normalized spacial score (nSPS) is 12.0. The number of hydrogen-bond donors (Lipinski definition) is 3. The van der Waals surface area contributed by atoms with Crippen LogP contribution in [0.4, 0.5) is 19.3 Å². The molecular formula is C29H31F2N3O6S. The Kier molecular flexibility index (Phi) is 10.5. The molecule has 0 saturated heterocycles. The molecule has 12 heteroatoms. The molecule has 1 unspecified atom stereocenters. The highest BCUT2D eigenvalue weighted by Gasteiger charge is 2.22. The first kappa shape index (κ1) is 31.2. The molecule has 1 atom stereocenters. The zero-order valence-electron chi connectivity index (χ0n) is 22.7. The molecule has 3 N–H and O–H groups in total. The van der Waals surface area contributed by atoms with Gasteiger partial charge in [0.2, 0.25) is 5.91 Å². The largest absolute Gasteiger partial charge is 0.453 e. The molecule has 3 rings (SSSR count).